The average molecular weight is 246 g/mol. The topological polar surface area (TPSA) is 90.0 Å². The fourth-order valence-electron chi connectivity index (χ4n) is 1.15. The quantitative estimate of drug-likeness (QED) is 0.734. The molecule has 0 saturated carbocycles. The van der Waals surface area contributed by atoms with Crippen molar-refractivity contribution in [2.24, 2.45) is 5.73 Å². The van der Waals surface area contributed by atoms with E-state index in [9.17, 15) is 8.42 Å². The summed E-state index contributed by atoms with van der Waals surface area (Å²) in [6, 6.07) is -0.0807. The van der Waals surface area contributed by atoms with Gasteiger partial charge in [-0.25, -0.2) is 13.1 Å². The number of nitrogens with two attached hydrogens (primary N) is 1. The molecule has 0 aliphatic rings. The first-order chi connectivity index (χ1) is 7.49. The van der Waals surface area contributed by atoms with E-state index in [0.717, 1.165) is 6.42 Å². The van der Waals surface area contributed by atoms with Crippen LogP contribution in [0.2, 0.25) is 0 Å². The molecular weight excluding hydrogens is 228 g/mol. The van der Waals surface area contributed by atoms with Crippen molar-refractivity contribution in [2.45, 2.75) is 37.8 Å². The summed E-state index contributed by atoms with van der Waals surface area (Å²) in [6.07, 6.45) is 3.56. The lowest BCUT2D eigenvalue weighted by molar-refractivity contribution is 0.555. The lowest BCUT2D eigenvalue weighted by Crippen LogP contribution is -2.31. The minimum absolute atomic E-state index is 0.0807. The first kappa shape index (κ1) is 13.1. The van der Waals surface area contributed by atoms with Crippen LogP contribution >= 0.6 is 0 Å². The predicted molar refractivity (Wildman–Crippen MR) is 61.4 cm³/mol. The second-order valence-corrected chi connectivity index (χ2v) is 5.37. The third kappa shape index (κ3) is 3.29. The highest BCUT2D eigenvalue weighted by Gasteiger charge is 2.18. The Balaban J connectivity index is 2.81. The van der Waals surface area contributed by atoms with Gasteiger partial charge >= 0.3 is 0 Å². The number of nitrogens with zero attached hydrogens (tertiary/aromatic N) is 2. The zero-order valence-corrected chi connectivity index (χ0v) is 10.4. The van der Waals surface area contributed by atoms with Crippen LogP contribution in [0.3, 0.4) is 0 Å². The Kier molecular flexibility index (Phi) is 4.45. The number of sulfonamides is 1. The van der Waals surface area contributed by atoms with Gasteiger partial charge in [0.05, 0.1) is 12.7 Å². The molecule has 0 saturated heterocycles. The van der Waals surface area contributed by atoms with Crippen LogP contribution in [0.5, 0.6) is 0 Å². The Hall–Kier alpha value is -0.920. The molecule has 0 fully saturated rings. The summed E-state index contributed by atoms with van der Waals surface area (Å²) >= 11 is 0. The van der Waals surface area contributed by atoms with Crippen molar-refractivity contribution in [2.75, 3.05) is 6.54 Å². The number of hydrogen-bond acceptors (Lipinski definition) is 4. The maximum atomic E-state index is 11.8. The molecular formula is C9H18N4O2S. The van der Waals surface area contributed by atoms with Gasteiger partial charge in [-0.2, -0.15) is 5.10 Å². The zero-order chi connectivity index (χ0) is 12.2. The van der Waals surface area contributed by atoms with Crippen molar-refractivity contribution in [3.05, 3.63) is 12.4 Å². The Bertz CT molecular complexity index is 426. The zero-order valence-electron chi connectivity index (χ0n) is 9.55. The number of nitrogens with one attached hydrogen (secondary N) is 1. The summed E-state index contributed by atoms with van der Waals surface area (Å²) in [5, 5.41) is 3.92. The Morgan fingerprint density at radius 2 is 2.31 bits per heavy atom. The van der Waals surface area contributed by atoms with Gasteiger partial charge < -0.3 is 5.73 Å². The highest BCUT2D eigenvalue weighted by molar-refractivity contribution is 7.89. The minimum atomic E-state index is -3.44. The van der Waals surface area contributed by atoms with E-state index < -0.39 is 10.0 Å². The van der Waals surface area contributed by atoms with Crippen LogP contribution in [0.1, 0.15) is 20.3 Å². The van der Waals surface area contributed by atoms with Gasteiger partial charge in [0, 0.05) is 18.8 Å². The van der Waals surface area contributed by atoms with Crippen molar-refractivity contribution in [1.29, 1.82) is 0 Å². The first-order valence-electron chi connectivity index (χ1n) is 5.24. The summed E-state index contributed by atoms with van der Waals surface area (Å²) in [7, 11) is -3.44. The summed E-state index contributed by atoms with van der Waals surface area (Å²) in [4.78, 5) is 0.182. The fourth-order valence-corrected chi connectivity index (χ4v) is 2.43. The maximum Gasteiger partial charge on any atom is 0.243 e. The lowest BCUT2D eigenvalue weighted by atomic mass is 10.3. The van der Waals surface area contributed by atoms with Gasteiger partial charge in [-0.05, 0) is 13.3 Å². The second-order valence-electron chi connectivity index (χ2n) is 3.66. The number of rotatable bonds is 6. The van der Waals surface area contributed by atoms with E-state index in [2.05, 4.69) is 9.82 Å². The van der Waals surface area contributed by atoms with Crippen LogP contribution in [-0.2, 0) is 16.6 Å². The van der Waals surface area contributed by atoms with E-state index in [1.807, 2.05) is 13.8 Å². The summed E-state index contributed by atoms with van der Waals surface area (Å²) in [5.74, 6) is 0. The third-order valence-corrected chi connectivity index (χ3v) is 3.79. The van der Waals surface area contributed by atoms with E-state index in [1.165, 1.54) is 17.1 Å². The van der Waals surface area contributed by atoms with Crippen LogP contribution in [-0.4, -0.2) is 30.8 Å². The minimum Gasteiger partial charge on any atom is -0.329 e. The Morgan fingerprint density at radius 3 is 2.88 bits per heavy atom. The second kappa shape index (κ2) is 5.42. The average Bonchev–Trinajstić information content (AvgIpc) is 2.67. The smallest absolute Gasteiger partial charge is 0.243 e. The molecule has 0 amide bonds. The molecule has 92 valence electrons. The van der Waals surface area contributed by atoms with Crippen LogP contribution in [0, 0.1) is 0 Å². The maximum absolute atomic E-state index is 11.8. The summed E-state index contributed by atoms with van der Waals surface area (Å²) in [5.41, 5.74) is 5.36. The van der Waals surface area contributed by atoms with Gasteiger partial charge in [-0.1, -0.05) is 6.92 Å². The van der Waals surface area contributed by atoms with Gasteiger partial charge in [0.25, 0.3) is 0 Å². The molecule has 3 N–H and O–H groups in total. The van der Waals surface area contributed by atoms with E-state index in [0.29, 0.717) is 13.1 Å². The SMILES string of the molecule is CCC(C)NS(=O)(=O)c1cnn(CCN)c1. The molecule has 6 nitrogen and oxygen atoms in total. The molecule has 0 radical (unpaired) electrons. The van der Waals surface area contributed by atoms with E-state index in [4.69, 9.17) is 5.73 Å². The van der Waals surface area contributed by atoms with Crippen molar-refractivity contribution in [3.63, 3.8) is 0 Å². The molecule has 7 heteroatoms. The molecule has 0 aliphatic carbocycles. The van der Waals surface area contributed by atoms with Crippen molar-refractivity contribution in [1.82, 2.24) is 14.5 Å². The Labute approximate surface area is 95.9 Å². The summed E-state index contributed by atoms with van der Waals surface area (Å²) < 4.78 is 27.7. The predicted octanol–water partition coefficient (Wildman–Crippen LogP) is -0.0814. The molecule has 1 aromatic rings. The highest BCUT2D eigenvalue weighted by Crippen LogP contribution is 2.08. The standard InChI is InChI=1S/C9H18N4O2S/c1-3-8(2)12-16(14,15)9-6-11-13(7-9)5-4-10/h6-8,12H,3-5,10H2,1-2H3. The molecule has 1 aromatic heterocycles. The third-order valence-electron chi connectivity index (χ3n) is 2.25. The molecule has 1 rings (SSSR count). The lowest BCUT2D eigenvalue weighted by Gasteiger charge is -2.10. The molecule has 0 aromatic carbocycles. The normalized spacial score (nSPS) is 13.9. The Morgan fingerprint density at radius 1 is 1.62 bits per heavy atom. The van der Waals surface area contributed by atoms with E-state index in [-0.39, 0.29) is 10.9 Å². The van der Waals surface area contributed by atoms with Crippen molar-refractivity contribution >= 4 is 10.0 Å². The van der Waals surface area contributed by atoms with Crippen molar-refractivity contribution < 1.29 is 8.42 Å². The molecule has 0 spiro atoms. The summed E-state index contributed by atoms with van der Waals surface area (Å²) in [6.45, 7) is 4.69. The fraction of sp³-hybridized carbons (Fsp3) is 0.667. The molecule has 1 unspecified atom stereocenters. The monoisotopic (exact) mass is 246 g/mol. The van der Waals surface area contributed by atoms with Crippen LogP contribution in [0.15, 0.2) is 17.3 Å². The van der Waals surface area contributed by atoms with Gasteiger partial charge in [-0.3, -0.25) is 4.68 Å². The first-order valence-corrected chi connectivity index (χ1v) is 6.72. The van der Waals surface area contributed by atoms with Gasteiger partial charge in [0.15, 0.2) is 0 Å². The van der Waals surface area contributed by atoms with E-state index >= 15 is 0 Å². The van der Waals surface area contributed by atoms with Gasteiger partial charge in [-0.15, -0.1) is 0 Å². The number of hydrogen-bond donors (Lipinski definition) is 2. The van der Waals surface area contributed by atoms with Gasteiger partial charge in [0.2, 0.25) is 10.0 Å². The van der Waals surface area contributed by atoms with Crippen LogP contribution in [0.25, 0.3) is 0 Å². The van der Waals surface area contributed by atoms with Crippen LogP contribution < -0.4 is 10.5 Å². The van der Waals surface area contributed by atoms with Gasteiger partial charge in [0.1, 0.15) is 4.90 Å². The van der Waals surface area contributed by atoms with Crippen molar-refractivity contribution in [3.8, 4) is 0 Å². The molecule has 1 heterocycles. The largest absolute Gasteiger partial charge is 0.329 e. The molecule has 1 atom stereocenters. The van der Waals surface area contributed by atoms with Crippen LogP contribution in [0.4, 0.5) is 0 Å². The molecule has 16 heavy (non-hydrogen) atoms. The molecule has 0 bridgehead atoms. The van der Waals surface area contributed by atoms with E-state index in [1.54, 1.807) is 0 Å². The highest BCUT2D eigenvalue weighted by atomic mass is 32.2. The molecule has 0 aliphatic heterocycles. The number of aromatic nitrogens is 2.